The zero-order valence-electron chi connectivity index (χ0n) is 10.2. The third-order valence-corrected chi connectivity index (χ3v) is 2.50. The maximum atomic E-state index is 8.51. The van der Waals surface area contributed by atoms with Crippen LogP contribution in [0.15, 0.2) is 34.7 Å². The second kappa shape index (κ2) is 5.94. The molecule has 2 rings (SSSR count). The monoisotopic (exact) mass is 242 g/mol. The van der Waals surface area contributed by atoms with Gasteiger partial charge in [0, 0.05) is 18.5 Å². The van der Waals surface area contributed by atoms with Crippen LogP contribution in [-0.2, 0) is 6.54 Å². The van der Waals surface area contributed by atoms with Gasteiger partial charge in [-0.15, -0.1) is 10.2 Å². The van der Waals surface area contributed by atoms with Crippen LogP contribution in [0, 0.1) is 11.3 Å². The van der Waals surface area contributed by atoms with Crippen LogP contribution >= 0.6 is 0 Å². The fourth-order valence-corrected chi connectivity index (χ4v) is 1.57. The molecular formula is C13H14N4O. The number of hydrogen-bond acceptors (Lipinski definition) is 5. The van der Waals surface area contributed by atoms with Gasteiger partial charge in [0.25, 0.3) is 0 Å². The van der Waals surface area contributed by atoms with Crippen molar-refractivity contribution >= 4 is 0 Å². The van der Waals surface area contributed by atoms with Crippen LogP contribution in [0.3, 0.4) is 0 Å². The van der Waals surface area contributed by atoms with Crippen LogP contribution in [0.1, 0.15) is 12.3 Å². The number of hydrogen-bond donors (Lipinski definition) is 0. The third-order valence-electron chi connectivity index (χ3n) is 2.50. The SMILES string of the molecule is CN(CCC#N)Cc1nnc(-c2ccccc2)o1. The number of rotatable bonds is 5. The summed E-state index contributed by atoms with van der Waals surface area (Å²) in [7, 11) is 1.92. The molecule has 1 aromatic carbocycles. The van der Waals surface area contributed by atoms with Gasteiger partial charge in [-0.2, -0.15) is 5.26 Å². The van der Waals surface area contributed by atoms with E-state index in [-0.39, 0.29) is 0 Å². The van der Waals surface area contributed by atoms with Crippen molar-refractivity contribution in [3.8, 4) is 17.5 Å². The van der Waals surface area contributed by atoms with Crippen molar-refractivity contribution in [3.05, 3.63) is 36.2 Å². The van der Waals surface area contributed by atoms with Crippen molar-refractivity contribution in [1.29, 1.82) is 5.26 Å². The second-order valence-electron chi connectivity index (χ2n) is 4.01. The van der Waals surface area contributed by atoms with E-state index in [4.69, 9.17) is 9.68 Å². The van der Waals surface area contributed by atoms with Crippen LogP contribution in [0.5, 0.6) is 0 Å². The molecule has 0 amide bonds. The first-order valence-corrected chi connectivity index (χ1v) is 5.73. The highest BCUT2D eigenvalue weighted by molar-refractivity contribution is 5.51. The topological polar surface area (TPSA) is 66.0 Å². The molecule has 0 N–H and O–H groups in total. The van der Waals surface area contributed by atoms with Crippen LogP contribution in [0.25, 0.3) is 11.5 Å². The molecule has 1 heterocycles. The van der Waals surface area contributed by atoms with Crippen LogP contribution < -0.4 is 0 Å². The molecule has 0 fully saturated rings. The molecule has 92 valence electrons. The Labute approximate surface area is 106 Å². The maximum Gasteiger partial charge on any atom is 0.247 e. The summed E-state index contributed by atoms with van der Waals surface area (Å²) in [4.78, 5) is 1.98. The number of aromatic nitrogens is 2. The summed E-state index contributed by atoms with van der Waals surface area (Å²) in [6.45, 7) is 1.25. The summed E-state index contributed by atoms with van der Waals surface area (Å²) in [6.07, 6.45) is 0.496. The normalized spacial score (nSPS) is 10.5. The van der Waals surface area contributed by atoms with E-state index in [9.17, 15) is 0 Å². The average molecular weight is 242 g/mol. The first kappa shape index (κ1) is 12.3. The van der Waals surface area contributed by atoms with Gasteiger partial charge in [0.2, 0.25) is 11.8 Å². The van der Waals surface area contributed by atoms with Gasteiger partial charge in [-0.05, 0) is 19.2 Å². The van der Waals surface area contributed by atoms with Crippen LogP contribution in [-0.4, -0.2) is 28.7 Å². The van der Waals surface area contributed by atoms with Crippen molar-refractivity contribution in [2.45, 2.75) is 13.0 Å². The van der Waals surface area contributed by atoms with E-state index in [1.54, 1.807) is 0 Å². The maximum absolute atomic E-state index is 8.51. The highest BCUT2D eigenvalue weighted by atomic mass is 16.4. The number of nitriles is 1. The van der Waals surface area contributed by atoms with Crippen LogP contribution in [0.2, 0.25) is 0 Å². The Balaban J connectivity index is 2.01. The molecule has 0 aliphatic carbocycles. The molecule has 5 heteroatoms. The third kappa shape index (κ3) is 3.15. The lowest BCUT2D eigenvalue weighted by atomic mass is 10.2. The quantitative estimate of drug-likeness (QED) is 0.803. The molecule has 0 unspecified atom stereocenters. The Hall–Kier alpha value is -2.19. The van der Waals surface area contributed by atoms with Gasteiger partial charge in [-0.1, -0.05) is 18.2 Å². The highest BCUT2D eigenvalue weighted by Gasteiger charge is 2.09. The molecule has 2 aromatic rings. The minimum Gasteiger partial charge on any atom is -0.419 e. The lowest BCUT2D eigenvalue weighted by Gasteiger charge is -2.10. The summed E-state index contributed by atoms with van der Waals surface area (Å²) >= 11 is 0. The zero-order chi connectivity index (χ0) is 12.8. The molecule has 0 aliphatic heterocycles. The summed E-state index contributed by atoms with van der Waals surface area (Å²) in [6, 6.07) is 11.8. The van der Waals surface area contributed by atoms with E-state index in [0.717, 1.165) is 5.56 Å². The molecule has 0 atom stereocenters. The van der Waals surface area contributed by atoms with E-state index in [2.05, 4.69) is 16.3 Å². The Morgan fingerprint density at radius 2 is 2.06 bits per heavy atom. The predicted octanol–water partition coefficient (Wildman–Crippen LogP) is 2.08. The van der Waals surface area contributed by atoms with E-state index in [1.165, 1.54) is 0 Å². The van der Waals surface area contributed by atoms with Crippen molar-refractivity contribution in [2.75, 3.05) is 13.6 Å². The van der Waals surface area contributed by atoms with Gasteiger partial charge in [-0.25, -0.2) is 0 Å². The first-order chi connectivity index (χ1) is 8.79. The molecule has 1 aromatic heterocycles. The molecule has 18 heavy (non-hydrogen) atoms. The molecule has 0 bridgehead atoms. The molecule has 0 saturated carbocycles. The highest BCUT2D eigenvalue weighted by Crippen LogP contribution is 2.17. The standard InChI is InChI=1S/C13H14N4O/c1-17(9-5-8-14)10-12-15-16-13(18-12)11-6-3-2-4-7-11/h2-4,6-7H,5,9-10H2,1H3. The smallest absolute Gasteiger partial charge is 0.247 e. The van der Waals surface area contributed by atoms with E-state index in [0.29, 0.717) is 31.3 Å². The molecule has 5 nitrogen and oxygen atoms in total. The van der Waals surface area contributed by atoms with Crippen molar-refractivity contribution in [1.82, 2.24) is 15.1 Å². The Kier molecular flexibility index (Phi) is 4.05. The van der Waals surface area contributed by atoms with Gasteiger partial charge >= 0.3 is 0 Å². The number of nitrogens with zero attached hydrogens (tertiary/aromatic N) is 4. The Morgan fingerprint density at radius 3 is 2.78 bits per heavy atom. The molecule has 0 spiro atoms. The van der Waals surface area contributed by atoms with E-state index < -0.39 is 0 Å². The lowest BCUT2D eigenvalue weighted by molar-refractivity contribution is 0.296. The summed E-state index contributed by atoms with van der Waals surface area (Å²) in [5.41, 5.74) is 0.913. The van der Waals surface area contributed by atoms with Crippen molar-refractivity contribution < 1.29 is 4.42 Å². The van der Waals surface area contributed by atoms with Crippen molar-refractivity contribution in [2.24, 2.45) is 0 Å². The first-order valence-electron chi connectivity index (χ1n) is 5.73. The van der Waals surface area contributed by atoms with Gasteiger partial charge in [0.1, 0.15) is 0 Å². The van der Waals surface area contributed by atoms with Crippen molar-refractivity contribution in [3.63, 3.8) is 0 Å². The fraction of sp³-hybridized carbons (Fsp3) is 0.308. The van der Waals surface area contributed by atoms with Gasteiger partial charge < -0.3 is 4.42 Å². The molecular weight excluding hydrogens is 228 g/mol. The Morgan fingerprint density at radius 1 is 1.28 bits per heavy atom. The summed E-state index contributed by atoms with van der Waals surface area (Å²) in [5, 5.41) is 16.5. The van der Waals surface area contributed by atoms with E-state index >= 15 is 0 Å². The Bertz CT molecular complexity index is 529. The minimum absolute atomic E-state index is 0.496. The van der Waals surface area contributed by atoms with Gasteiger partial charge in [0.15, 0.2) is 0 Å². The fourth-order valence-electron chi connectivity index (χ4n) is 1.57. The molecule has 0 saturated heterocycles. The second-order valence-corrected chi connectivity index (χ2v) is 4.01. The van der Waals surface area contributed by atoms with Gasteiger partial charge in [-0.3, -0.25) is 4.90 Å². The average Bonchev–Trinajstić information content (AvgIpc) is 2.86. The largest absolute Gasteiger partial charge is 0.419 e. The summed E-state index contributed by atoms with van der Waals surface area (Å²) in [5.74, 6) is 1.09. The van der Waals surface area contributed by atoms with Gasteiger partial charge in [0.05, 0.1) is 12.6 Å². The molecule has 0 radical (unpaired) electrons. The van der Waals surface area contributed by atoms with E-state index in [1.807, 2.05) is 42.3 Å². The number of benzene rings is 1. The zero-order valence-corrected chi connectivity index (χ0v) is 10.2. The summed E-state index contributed by atoms with van der Waals surface area (Å²) < 4.78 is 5.57. The van der Waals surface area contributed by atoms with Crippen LogP contribution in [0.4, 0.5) is 0 Å². The molecule has 0 aliphatic rings. The minimum atomic E-state index is 0.496. The lowest BCUT2D eigenvalue weighted by Crippen LogP contribution is -2.18. The predicted molar refractivity (Wildman–Crippen MR) is 66.3 cm³/mol.